The Balaban J connectivity index is 3.50. The third-order valence-corrected chi connectivity index (χ3v) is 0.577. The van der Waals surface area contributed by atoms with Crippen LogP contribution < -0.4 is 0 Å². The summed E-state index contributed by atoms with van der Waals surface area (Å²) in [6.07, 6.45) is 3.16. The molecular formula is C5H8N2S. The molecular weight excluding hydrogens is 120 g/mol. The highest BCUT2D eigenvalue weighted by Crippen LogP contribution is 1.71. The van der Waals surface area contributed by atoms with E-state index in [0.717, 1.165) is 0 Å². The van der Waals surface area contributed by atoms with Gasteiger partial charge < -0.3 is 0 Å². The topological polar surface area (TPSA) is 24.7 Å². The second-order valence-corrected chi connectivity index (χ2v) is 1.80. The van der Waals surface area contributed by atoms with Crippen LogP contribution in [0.4, 0.5) is 0 Å². The molecule has 0 aromatic rings. The van der Waals surface area contributed by atoms with E-state index < -0.39 is 0 Å². The standard InChI is InChI=1S/C5H8N2S/c1-5(8)7-4-3-6-2/h3-4H,1-2H3. The van der Waals surface area contributed by atoms with Gasteiger partial charge in [0.25, 0.3) is 0 Å². The number of thiocarbonyl (C=S) groups is 1. The van der Waals surface area contributed by atoms with Gasteiger partial charge in [0.15, 0.2) is 0 Å². The largest absolute Gasteiger partial charge is 0.295 e. The van der Waals surface area contributed by atoms with Gasteiger partial charge in [-0.15, -0.1) is 0 Å². The monoisotopic (exact) mass is 128 g/mol. The second kappa shape index (κ2) is 4.59. The Kier molecular flexibility index (Phi) is 4.26. The zero-order valence-electron chi connectivity index (χ0n) is 4.96. The Morgan fingerprint density at radius 2 is 2.12 bits per heavy atom. The molecule has 0 spiro atoms. The van der Waals surface area contributed by atoms with Gasteiger partial charge in [-0.25, -0.2) is 4.99 Å². The minimum absolute atomic E-state index is 0.630. The molecule has 0 aromatic heterocycles. The van der Waals surface area contributed by atoms with Gasteiger partial charge in [-0.3, -0.25) is 4.99 Å². The molecule has 8 heavy (non-hydrogen) atoms. The molecule has 0 saturated carbocycles. The average molecular weight is 128 g/mol. The lowest BCUT2D eigenvalue weighted by Crippen LogP contribution is -1.80. The minimum Gasteiger partial charge on any atom is -0.295 e. The van der Waals surface area contributed by atoms with E-state index in [-0.39, 0.29) is 0 Å². The number of rotatable bonds is 1. The molecule has 0 saturated heterocycles. The van der Waals surface area contributed by atoms with Gasteiger partial charge in [-0.05, 0) is 6.92 Å². The van der Waals surface area contributed by atoms with Crippen LogP contribution in [0.5, 0.6) is 0 Å². The lowest BCUT2D eigenvalue weighted by Gasteiger charge is -1.76. The maximum atomic E-state index is 4.65. The van der Waals surface area contributed by atoms with E-state index in [1.165, 1.54) is 0 Å². The van der Waals surface area contributed by atoms with Gasteiger partial charge in [0.1, 0.15) is 0 Å². The summed E-state index contributed by atoms with van der Waals surface area (Å²) in [5.41, 5.74) is 0. The van der Waals surface area contributed by atoms with E-state index >= 15 is 0 Å². The van der Waals surface area contributed by atoms with E-state index in [0.29, 0.717) is 4.99 Å². The summed E-state index contributed by atoms with van der Waals surface area (Å²) in [5, 5.41) is 0. The summed E-state index contributed by atoms with van der Waals surface area (Å²) in [6.45, 7) is 1.76. The van der Waals surface area contributed by atoms with Crippen LogP contribution in [0.2, 0.25) is 0 Å². The van der Waals surface area contributed by atoms with E-state index in [9.17, 15) is 0 Å². The summed E-state index contributed by atoms with van der Waals surface area (Å²) in [5.74, 6) is 0. The zero-order chi connectivity index (χ0) is 6.41. The third-order valence-electron chi connectivity index (χ3n) is 0.472. The van der Waals surface area contributed by atoms with Crippen LogP contribution >= 0.6 is 12.2 Å². The van der Waals surface area contributed by atoms with E-state index in [2.05, 4.69) is 22.2 Å². The molecule has 44 valence electrons. The van der Waals surface area contributed by atoms with Crippen LogP contribution in [0.3, 0.4) is 0 Å². The SMILES string of the molecule is CN=CC=NC(C)=S. The van der Waals surface area contributed by atoms with Crippen molar-refractivity contribution in [2.45, 2.75) is 6.92 Å². The molecule has 0 unspecified atom stereocenters. The first-order chi connectivity index (χ1) is 3.77. The lowest BCUT2D eigenvalue weighted by atomic mass is 10.7. The fraction of sp³-hybridized carbons (Fsp3) is 0.400. The van der Waals surface area contributed by atoms with E-state index in [1.807, 2.05) is 0 Å². The van der Waals surface area contributed by atoms with Gasteiger partial charge in [0.05, 0.1) is 4.99 Å². The molecule has 0 amide bonds. The van der Waals surface area contributed by atoms with Gasteiger partial charge in [-0.2, -0.15) is 0 Å². The Morgan fingerprint density at radius 3 is 2.50 bits per heavy atom. The van der Waals surface area contributed by atoms with Crippen LogP contribution in [-0.4, -0.2) is 24.5 Å². The Labute approximate surface area is 54.3 Å². The number of hydrogen-bond acceptors (Lipinski definition) is 2. The quantitative estimate of drug-likeness (QED) is 0.383. The summed E-state index contributed by atoms with van der Waals surface area (Å²) in [7, 11) is 1.69. The van der Waals surface area contributed by atoms with E-state index in [1.54, 1.807) is 26.4 Å². The molecule has 3 heteroatoms. The summed E-state index contributed by atoms with van der Waals surface area (Å²) in [6, 6.07) is 0. The average Bonchev–Trinajstić information content (AvgIpc) is 1.66. The van der Waals surface area contributed by atoms with Gasteiger partial charge in [0.2, 0.25) is 0 Å². The van der Waals surface area contributed by atoms with Crippen molar-refractivity contribution in [3.8, 4) is 0 Å². The van der Waals surface area contributed by atoms with Crippen molar-refractivity contribution in [2.75, 3.05) is 7.05 Å². The first kappa shape index (κ1) is 7.43. The molecule has 0 aromatic carbocycles. The van der Waals surface area contributed by atoms with Gasteiger partial charge in [0, 0.05) is 19.5 Å². The van der Waals surface area contributed by atoms with Crippen molar-refractivity contribution >= 4 is 29.6 Å². The minimum atomic E-state index is 0.630. The summed E-state index contributed by atoms with van der Waals surface area (Å²) in [4.78, 5) is 8.07. The number of hydrogen-bond donors (Lipinski definition) is 0. The van der Waals surface area contributed by atoms with Gasteiger partial charge in [-0.1, -0.05) is 12.2 Å². The zero-order valence-corrected chi connectivity index (χ0v) is 5.77. The molecule has 0 N–H and O–H groups in total. The molecule has 0 aliphatic carbocycles. The highest BCUT2D eigenvalue weighted by atomic mass is 32.1. The molecule has 0 radical (unpaired) electrons. The van der Waals surface area contributed by atoms with Gasteiger partial charge >= 0.3 is 0 Å². The third kappa shape index (κ3) is 5.43. The van der Waals surface area contributed by atoms with Crippen molar-refractivity contribution in [1.29, 1.82) is 0 Å². The van der Waals surface area contributed by atoms with Crippen molar-refractivity contribution in [2.24, 2.45) is 9.98 Å². The van der Waals surface area contributed by atoms with Crippen LogP contribution in [-0.2, 0) is 0 Å². The van der Waals surface area contributed by atoms with Crippen LogP contribution in [0.15, 0.2) is 9.98 Å². The highest BCUT2D eigenvalue weighted by molar-refractivity contribution is 7.80. The Hall–Kier alpha value is -0.570. The van der Waals surface area contributed by atoms with Crippen LogP contribution in [0.1, 0.15) is 6.92 Å². The number of nitrogens with zero attached hydrogens (tertiary/aromatic N) is 2. The lowest BCUT2D eigenvalue weighted by molar-refractivity contribution is 1.48. The predicted octanol–water partition coefficient (Wildman–Crippen LogP) is 1.11. The summed E-state index contributed by atoms with van der Waals surface area (Å²) < 4.78 is 0. The molecule has 0 aliphatic heterocycles. The Morgan fingerprint density at radius 1 is 1.50 bits per heavy atom. The normalized spacial score (nSPS) is 11.2. The fourth-order valence-corrected chi connectivity index (χ4v) is 0.266. The first-order valence-corrected chi connectivity index (χ1v) is 2.63. The first-order valence-electron chi connectivity index (χ1n) is 2.22. The number of aliphatic imine (C=N–C) groups is 2. The predicted molar refractivity (Wildman–Crippen MR) is 41.2 cm³/mol. The Bertz CT molecular complexity index is 126. The maximum absolute atomic E-state index is 4.65. The molecule has 0 heterocycles. The molecule has 0 bridgehead atoms. The second-order valence-electron chi connectivity index (χ2n) is 1.20. The maximum Gasteiger partial charge on any atom is 0.0999 e. The molecule has 0 atom stereocenters. The smallest absolute Gasteiger partial charge is 0.0999 e. The molecule has 0 rings (SSSR count). The van der Waals surface area contributed by atoms with E-state index in [4.69, 9.17) is 0 Å². The van der Waals surface area contributed by atoms with Crippen LogP contribution in [0.25, 0.3) is 0 Å². The summed E-state index contributed by atoms with van der Waals surface area (Å²) >= 11 is 4.65. The molecule has 0 aliphatic rings. The van der Waals surface area contributed by atoms with Crippen molar-refractivity contribution in [3.05, 3.63) is 0 Å². The highest BCUT2D eigenvalue weighted by Gasteiger charge is 1.70. The van der Waals surface area contributed by atoms with Crippen molar-refractivity contribution in [1.82, 2.24) is 0 Å². The van der Waals surface area contributed by atoms with Crippen LogP contribution in [0, 0.1) is 0 Å². The fourth-order valence-electron chi connectivity index (χ4n) is 0.205. The van der Waals surface area contributed by atoms with Crippen molar-refractivity contribution in [3.63, 3.8) is 0 Å². The van der Waals surface area contributed by atoms with Crippen molar-refractivity contribution < 1.29 is 0 Å². The molecule has 0 fully saturated rings. The molecule has 2 nitrogen and oxygen atoms in total.